The van der Waals surface area contributed by atoms with Crippen molar-refractivity contribution >= 4 is 34.4 Å². The van der Waals surface area contributed by atoms with Gasteiger partial charge in [0.1, 0.15) is 0 Å². The van der Waals surface area contributed by atoms with Crippen LogP contribution in [0.1, 0.15) is 18.5 Å². The van der Waals surface area contributed by atoms with Crippen molar-refractivity contribution in [1.29, 1.82) is 0 Å². The highest BCUT2D eigenvalue weighted by molar-refractivity contribution is 7.77. The van der Waals surface area contributed by atoms with Crippen LogP contribution in [0.4, 0.5) is 0 Å². The predicted molar refractivity (Wildman–Crippen MR) is 95.5 cm³/mol. The van der Waals surface area contributed by atoms with Crippen LogP contribution < -0.4 is 10.3 Å². The molecule has 6 nitrogen and oxygen atoms in total. The highest BCUT2D eigenvalue weighted by Gasteiger charge is 2.10. The lowest BCUT2D eigenvalue weighted by Gasteiger charge is -2.16. The number of aromatic amines is 1. The molecule has 3 rings (SSSR count). The topological polar surface area (TPSA) is 97.9 Å². The second kappa shape index (κ2) is 7.67. The van der Waals surface area contributed by atoms with Gasteiger partial charge in [-0.2, -0.15) is 5.10 Å². The van der Waals surface area contributed by atoms with E-state index in [9.17, 15) is 13.6 Å². The third-order valence-corrected chi connectivity index (χ3v) is 4.20. The second-order valence-corrected chi connectivity index (χ2v) is 5.85. The van der Waals surface area contributed by atoms with Gasteiger partial charge in [0, 0.05) is 28.3 Å². The molecule has 0 spiro atoms. The Morgan fingerprint density at radius 1 is 1.12 bits per heavy atom. The molecule has 0 saturated heterocycles. The van der Waals surface area contributed by atoms with Crippen molar-refractivity contribution in [2.75, 3.05) is 0 Å². The molecule has 0 aliphatic rings. The summed E-state index contributed by atoms with van der Waals surface area (Å²) in [6, 6.07) is 14.3. The number of nitrogens with one attached hydrogen (secondary N) is 2. The SMILES string of the molecule is CC(NS(=O)[O-])c1ccc(-c2n[nH]c(=O)c3ccccc23)cc1.Cl. The summed E-state index contributed by atoms with van der Waals surface area (Å²) in [6.45, 7) is 1.76. The van der Waals surface area contributed by atoms with E-state index in [2.05, 4.69) is 14.9 Å². The number of nitrogens with zero attached hydrogens (tertiary/aromatic N) is 1. The summed E-state index contributed by atoms with van der Waals surface area (Å²) in [5.41, 5.74) is 2.14. The van der Waals surface area contributed by atoms with Crippen LogP contribution in [0, 0.1) is 0 Å². The van der Waals surface area contributed by atoms with Gasteiger partial charge < -0.3 is 4.55 Å². The quantitative estimate of drug-likeness (QED) is 0.695. The fourth-order valence-electron chi connectivity index (χ4n) is 2.48. The lowest BCUT2D eigenvalue weighted by molar-refractivity contribution is 0.512. The van der Waals surface area contributed by atoms with Gasteiger partial charge in [-0.05, 0) is 18.6 Å². The fraction of sp³-hybridized carbons (Fsp3) is 0.125. The van der Waals surface area contributed by atoms with Crippen LogP contribution in [0.3, 0.4) is 0 Å². The van der Waals surface area contributed by atoms with Crippen LogP contribution in [0.25, 0.3) is 22.0 Å². The van der Waals surface area contributed by atoms with E-state index in [1.54, 1.807) is 19.1 Å². The molecule has 1 heterocycles. The Labute approximate surface area is 147 Å². The number of hydrogen-bond acceptors (Lipinski definition) is 4. The molecule has 2 atom stereocenters. The minimum Gasteiger partial charge on any atom is -0.760 e. The number of aromatic nitrogens is 2. The van der Waals surface area contributed by atoms with E-state index >= 15 is 0 Å². The normalized spacial score (nSPS) is 13.2. The highest BCUT2D eigenvalue weighted by Crippen LogP contribution is 2.25. The molecule has 0 aliphatic carbocycles. The van der Waals surface area contributed by atoms with E-state index in [0.29, 0.717) is 11.1 Å². The van der Waals surface area contributed by atoms with Gasteiger partial charge in [0.05, 0.1) is 11.1 Å². The molecule has 0 bridgehead atoms. The number of rotatable bonds is 4. The van der Waals surface area contributed by atoms with Crippen LogP contribution in [0.5, 0.6) is 0 Å². The lowest BCUT2D eigenvalue weighted by atomic mass is 10.0. The molecule has 2 aromatic carbocycles. The minimum absolute atomic E-state index is 0. The average Bonchev–Trinajstić information content (AvgIpc) is 2.55. The molecule has 24 heavy (non-hydrogen) atoms. The fourth-order valence-corrected chi connectivity index (χ4v) is 2.90. The standard InChI is InChI=1S/C16H15N3O3S.ClH/c1-10(19-23(21)22)11-6-8-12(9-7-11)15-13-4-2-3-5-14(13)16(20)18-17-15;/h2-10,19H,1H3,(H,18,20)(H,21,22);1H/p-1. The van der Waals surface area contributed by atoms with E-state index in [1.807, 2.05) is 36.4 Å². The third kappa shape index (κ3) is 3.70. The molecule has 2 unspecified atom stereocenters. The molecule has 126 valence electrons. The second-order valence-electron chi connectivity index (χ2n) is 5.14. The Morgan fingerprint density at radius 3 is 2.38 bits per heavy atom. The van der Waals surface area contributed by atoms with E-state index < -0.39 is 11.3 Å². The van der Waals surface area contributed by atoms with Gasteiger partial charge in [-0.25, -0.2) is 9.82 Å². The van der Waals surface area contributed by atoms with Crippen molar-refractivity contribution in [3.8, 4) is 11.3 Å². The molecule has 0 saturated carbocycles. The summed E-state index contributed by atoms with van der Waals surface area (Å²) < 4.78 is 23.8. The van der Waals surface area contributed by atoms with Gasteiger partial charge in [0.25, 0.3) is 5.56 Å². The molecule has 0 radical (unpaired) electrons. The zero-order valence-electron chi connectivity index (χ0n) is 12.7. The van der Waals surface area contributed by atoms with Crippen molar-refractivity contribution in [1.82, 2.24) is 14.9 Å². The number of fused-ring (bicyclic) bond motifs is 1. The van der Waals surface area contributed by atoms with Crippen molar-refractivity contribution in [3.05, 3.63) is 64.4 Å². The first-order chi connectivity index (χ1) is 11.1. The largest absolute Gasteiger partial charge is 0.760 e. The van der Waals surface area contributed by atoms with Crippen LogP contribution in [-0.4, -0.2) is 19.0 Å². The number of halogens is 1. The smallest absolute Gasteiger partial charge is 0.272 e. The number of benzene rings is 2. The molecule has 0 amide bonds. The Hall–Kier alpha value is -2.06. The van der Waals surface area contributed by atoms with Crippen LogP contribution in [0.15, 0.2) is 53.3 Å². The summed E-state index contributed by atoms with van der Waals surface area (Å²) in [6.07, 6.45) is 0. The first kappa shape index (κ1) is 18.3. The van der Waals surface area contributed by atoms with Gasteiger partial charge in [0.2, 0.25) is 0 Å². The molecular weight excluding hydrogens is 350 g/mol. The Morgan fingerprint density at radius 2 is 1.75 bits per heavy atom. The Bertz CT molecular complexity index is 928. The first-order valence-corrected chi connectivity index (χ1v) is 8.07. The molecule has 0 aliphatic heterocycles. The molecular formula is C16H15ClN3O3S-. The van der Waals surface area contributed by atoms with Gasteiger partial charge in [-0.3, -0.25) is 9.00 Å². The van der Waals surface area contributed by atoms with Crippen LogP contribution in [-0.2, 0) is 11.3 Å². The summed E-state index contributed by atoms with van der Waals surface area (Å²) in [5, 5.41) is 8.01. The summed E-state index contributed by atoms with van der Waals surface area (Å²) in [7, 11) is 0. The summed E-state index contributed by atoms with van der Waals surface area (Å²) >= 11 is -2.31. The van der Waals surface area contributed by atoms with E-state index in [1.165, 1.54) is 0 Å². The van der Waals surface area contributed by atoms with Gasteiger partial charge in [0.15, 0.2) is 0 Å². The third-order valence-electron chi connectivity index (χ3n) is 3.65. The highest BCUT2D eigenvalue weighted by atomic mass is 35.5. The molecule has 2 N–H and O–H groups in total. The maximum absolute atomic E-state index is 11.8. The maximum Gasteiger partial charge on any atom is 0.272 e. The Balaban J connectivity index is 0.00000208. The van der Waals surface area contributed by atoms with Gasteiger partial charge >= 0.3 is 0 Å². The van der Waals surface area contributed by atoms with Crippen LogP contribution >= 0.6 is 12.4 Å². The number of H-pyrrole nitrogens is 1. The average molecular weight is 365 g/mol. The molecule has 3 aromatic rings. The van der Waals surface area contributed by atoms with E-state index in [-0.39, 0.29) is 24.0 Å². The van der Waals surface area contributed by atoms with E-state index in [0.717, 1.165) is 16.5 Å². The van der Waals surface area contributed by atoms with E-state index in [4.69, 9.17) is 0 Å². The number of hydrogen-bond donors (Lipinski definition) is 2. The van der Waals surface area contributed by atoms with Crippen LogP contribution in [0.2, 0.25) is 0 Å². The summed E-state index contributed by atoms with van der Waals surface area (Å²) in [4.78, 5) is 11.8. The zero-order valence-corrected chi connectivity index (χ0v) is 14.3. The molecule has 0 fully saturated rings. The van der Waals surface area contributed by atoms with Gasteiger partial charge in [-0.1, -0.05) is 42.5 Å². The maximum atomic E-state index is 11.8. The predicted octanol–water partition coefficient (Wildman–Crippen LogP) is 2.46. The van der Waals surface area contributed by atoms with Crippen molar-refractivity contribution in [2.24, 2.45) is 0 Å². The summed E-state index contributed by atoms with van der Waals surface area (Å²) in [5.74, 6) is 0. The first-order valence-electron chi connectivity index (χ1n) is 6.99. The molecule has 8 heteroatoms. The lowest BCUT2D eigenvalue weighted by Crippen LogP contribution is -2.20. The monoisotopic (exact) mass is 364 g/mol. The Kier molecular flexibility index (Phi) is 5.84. The van der Waals surface area contributed by atoms with Crippen molar-refractivity contribution in [3.63, 3.8) is 0 Å². The zero-order chi connectivity index (χ0) is 16.4. The van der Waals surface area contributed by atoms with Crippen molar-refractivity contribution in [2.45, 2.75) is 13.0 Å². The van der Waals surface area contributed by atoms with Crippen molar-refractivity contribution < 1.29 is 8.76 Å². The molecule has 1 aromatic heterocycles. The minimum atomic E-state index is -2.31. The van der Waals surface area contributed by atoms with Gasteiger partial charge in [-0.15, -0.1) is 12.4 Å².